The average Bonchev–Trinajstić information content (AvgIpc) is 3.12. The van der Waals surface area contributed by atoms with Gasteiger partial charge in [-0.2, -0.15) is 0 Å². The number of ketones is 1. The number of carbonyl (C=O) groups is 1. The molecule has 5 rings (SSSR count). The van der Waals surface area contributed by atoms with Crippen LogP contribution in [0.25, 0.3) is 6.08 Å². The van der Waals surface area contributed by atoms with Crippen molar-refractivity contribution in [3.63, 3.8) is 0 Å². The van der Waals surface area contributed by atoms with Crippen molar-refractivity contribution in [2.24, 2.45) is 0 Å². The second-order valence-electron chi connectivity index (χ2n) is 7.98. The minimum absolute atomic E-state index is 0.0952. The number of pyridine rings is 1. The number of rotatable bonds is 5. The molecule has 156 valence electrons. The van der Waals surface area contributed by atoms with Gasteiger partial charge < -0.3 is 9.47 Å². The van der Waals surface area contributed by atoms with Gasteiger partial charge in [0.1, 0.15) is 18.2 Å². The van der Waals surface area contributed by atoms with Gasteiger partial charge in [0.05, 0.1) is 16.8 Å². The first kappa shape index (κ1) is 19.5. The van der Waals surface area contributed by atoms with E-state index in [-0.39, 0.29) is 5.78 Å². The maximum atomic E-state index is 13.0. The van der Waals surface area contributed by atoms with Gasteiger partial charge in [0.25, 0.3) is 0 Å². The molecule has 1 aromatic heterocycles. The Balaban J connectivity index is 1.35. The van der Waals surface area contributed by atoms with Crippen molar-refractivity contribution in [1.82, 2.24) is 9.88 Å². The van der Waals surface area contributed by atoms with Gasteiger partial charge in [0.15, 0.2) is 5.76 Å². The number of nitrogens with zero attached hydrogens (tertiary/aromatic N) is 2. The molecule has 0 N–H and O–H groups in total. The lowest BCUT2D eigenvalue weighted by Gasteiger charge is -2.30. The Hall–Kier alpha value is -3.44. The van der Waals surface area contributed by atoms with Crippen molar-refractivity contribution in [1.29, 1.82) is 0 Å². The predicted molar refractivity (Wildman–Crippen MR) is 119 cm³/mol. The number of aromatic nitrogens is 1. The summed E-state index contributed by atoms with van der Waals surface area (Å²) in [5.41, 5.74) is 4.50. The van der Waals surface area contributed by atoms with Gasteiger partial charge in [-0.25, -0.2) is 0 Å². The van der Waals surface area contributed by atoms with Crippen LogP contribution in [0, 0.1) is 6.92 Å². The maximum absolute atomic E-state index is 13.0. The molecule has 0 bridgehead atoms. The zero-order valence-electron chi connectivity index (χ0n) is 17.5. The largest absolute Gasteiger partial charge is 0.478 e. The quantitative estimate of drug-likeness (QED) is 0.564. The van der Waals surface area contributed by atoms with Crippen molar-refractivity contribution in [2.45, 2.75) is 26.3 Å². The van der Waals surface area contributed by atoms with E-state index in [0.717, 1.165) is 36.3 Å². The predicted octanol–water partition coefficient (Wildman–Crippen LogP) is 4.79. The molecule has 5 heteroatoms. The number of fused-ring (bicyclic) bond motifs is 3. The standard InChI is InChI=1S/C26H24N2O3/c1-18-14-22-21(16-28(17-30-22)13-7-10-19-8-3-2-4-9-19)26-24(18)25(29)23(31-26)15-20-11-5-6-12-27-20/h2-6,8-9,11-12,14-15H,7,10,13,16-17H2,1H3/b23-15-. The van der Waals surface area contributed by atoms with Gasteiger partial charge in [-0.05, 0) is 49.1 Å². The monoisotopic (exact) mass is 412 g/mol. The first-order chi connectivity index (χ1) is 15.2. The maximum Gasteiger partial charge on any atom is 0.232 e. The highest BCUT2D eigenvalue weighted by Gasteiger charge is 2.35. The molecule has 0 amide bonds. The van der Waals surface area contributed by atoms with Crippen LogP contribution in [0.1, 0.15) is 39.2 Å². The van der Waals surface area contributed by atoms with Crippen LogP contribution in [0.15, 0.2) is 66.6 Å². The summed E-state index contributed by atoms with van der Waals surface area (Å²) in [6.45, 7) is 4.10. The SMILES string of the molecule is Cc1cc2c(c3c1C(=O)/C(=C/c1ccccn1)O3)CN(CCCc1ccccc1)CO2. The van der Waals surface area contributed by atoms with Gasteiger partial charge in [0, 0.05) is 25.4 Å². The summed E-state index contributed by atoms with van der Waals surface area (Å²) in [5.74, 6) is 1.66. The molecular weight excluding hydrogens is 388 g/mol. The fourth-order valence-corrected chi connectivity index (χ4v) is 4.17. The van der Waals surface area contributed by atoms with E-state index in [1.807, 2.05) is 37.3 Å². The van der Waals surface area contributed by atoms with E-state index >= 15 is 0 Å². The molecule has 0 saturated carbocycles. The first-order valence-corrected chi connectivity index (χ1v) is 10.6. The second kappa shape index (κ2) is 8.36. The third-order valence-corrected chi connectivity index (χ3v) is 5.74. The molecule has 3 heterocycles. The van der Waals surface area contributed by atoms with E-state index in [4.69, 9.17) is 9.47 Å². The lowest BCUT2D eigenvalue weighted by Crippen LogP contribution is -2.33. The average molecular weight is 412 g/mol. The topological polar surface area (TPSA) is 51.7 Å². The van der Waals surface area contributed by atoms with Crippen molar-refractivity contribution < 1.29 is 14.3 Å². The van der Waals surface area contributed by atoms with Crippen molar-refractivity contribution >= 4 is 11.9 Å². The van der Waals surface area contributed by atoms with Crippen LogP contribution in [0.2, 0.25) is 0 Å². The number of ether oxygens (including phenoxy) is 2. The van der Waals surface area contributed by atoms with E-state index in [0.29, 0.717) is 36.0 Å². The molecule has 0 aliphatic carbocycles. The number of benzene rings is 2. The molecule has 2 aromatic carbocycles. The Morgan fingerprint density at radius 2 is 1.97 bits per heavy atom. The Labute approximate surface area is 181 Å². The fourth-order valence-electron chi connectivity index (χ4n) is 4.17. The van der Waals surface area contributed by atoms with Crippen molar-refractivity contribution in [2.75, 3.05) is 13.3 Å². The minimum Gasteiger partial charge on any atom is -0.478 e. The summed E-state index contributed by atoms with van der Waals surface area (Å²) in [5, 5.41) is 0. The highest BCUT2D eigenvalue weighted by molar-refractivity contribution is 6.15. The number of carbonyl (C=O) groups excluding carboxylic acids is 1. The summed E-state index contributed by atoms with van der Waals surface area (Å²) in [6, 6.07) is 18.1. The summed E-state index contributed by atoms with van der Waals surface area (Å²) in [7, 11) is 0. The third-order valence-electron chi connectivity index (χ3n) is 5.74. The second-order valence-corrected chi connectivity index (χ2v) is 7.98. The molecule has 0 saturated heterocycles. The summed E-state index contributed by atoms with van der Waals surface area (Å²) in [6.07, 6.45) is 5.48. The van der Waals surface area contributed by atoms with E-state index in [1.165, 1.54) is 5.56 Å². The van der Waals surface area contributed by atoms with E-state index < -0.39 is 0 Å². The number of hydrogen-bond donors (Lipinski definition) is 0. The molecule has 2 aliphatic rings. The molecule has 0 fully saturated rings. The molecule has 0 radical (unpaired) electrons. The van der Waals surface area contributed by atoms with Crippen LogP contribution in [0.4, 0.5) is 0 Å². The summed E-state index contributed by atoms with van der Waals surface area (Å²) >= 11 is 0. The molecule has 0 spiro atoms. The Bertz CT molecular complexity index is 1140. The van der Waals surface area contributed by atoms with Crippen LogP contribution < -0.4 is 9.47 Å². The van der Waals surface area contributed by atoms with E-state index in [9.17, 15) is 4.79 Å². The molecule has 0 unspecified atom stereocenters. The molecule has 3 aromatic rings. The van der Waals surface area contributed by atoms with E-state index in [1.54, 1.807) is 12.3 Å². The summed E-state index contributed by atoms with van der Waals surface area (Å²) < 4.78 is 12.1. The van der Waals surface area contributed by atoms with Crippen LogP contribution in [-0.4, -0.2) is 28.9 Å². The van der Waals surface area contributed by atoms with Crippen LogP contribution in [0.3, 0.4) is 0 Å². The Morgan fingerprint density at radius 1 is 1.13 bits per heavy atom. The zero-order valence-corrected chi connectivity index (χ0v) is 17.5. The van der Waals surface area contributed by atoms with Crippen molar-refractivity contribution in [3.05, 3.63) is 94.5 Å². The molecule has 5 nitrogen and oxygen atoms in total. The van der Waals surface area contributed by atoms with Gasteiger partial charge in [-0.3, -0.25) is 14.7 Å². The number of Topliss-reactive ketones (excluding diaryl/α,β-unsaturated/α-hetero) is 1. The van der Waals surface area contributed by atoms with Crippen LogP contribution in [-0.2, 0) is 13.0 Å². The highest BCUT2D eigenvalue weighted by Crippen LogP contribution is 2.44. The molecule has 2 aliphatic heterocycles. The van der Waals surface area contributed by atoms with Crippen LogP contribution >= 0.6 is 0 Å². The Morgan fingerprint density at radius 3 is 2.77 bits per heavy atom. The van der Waals surface area contributed by atoms with Gasteiger partial charge in [0.2, 0.25) is 5.78 Å². The van der Waals surface area contributed by atoms with E-state index in [2.05, 4.69) is 34.1 Å². The van der Waals surface area contributed by atoms with Gasteiger partial charge in [-0.15, -0.1) is 0 Å². The number of aryl methyl sites for hydroxylation is 2. The lowest BCUT2D eigenvalue weighted by molar-refractivity contribution is 0.0928. The lowest BCUT2D eigenvalue weighted by atomic mass is 9.98. The first-order valence-electron chi connectivity index (χ1n) is 10.6. The summed E-state index contributed by atoms with van der Waals surface area (Å²) in [4.78, 5) is 19.6. The normalized spacial score (nSPS) is 16.5. The third kappa shape index (κ3) is 3.97. The molecule has 0 atom stereocenters. The number of allylic oxidation sites excluding steroid dienone is 1. The number of hydrogen-bond acceptors (Lipinski definition) is 5. The van der Waals surface area contributed by atoms with Crippen LogP contribution in [0.5, 0.6) is 11.5 Å². The zero-order chi connectivity index (χ0) is 21.2. The molecule has 31 heavy (non-hydrogen) atoms. The van der Waals surface area contributed by atoms with Gasteiger partial charge >= 0.3 is 0 Å². The minimum atomic E-state index is -0.0952. The smallest absolute Gasteiger partial charge is 0.232 e. The fraction of sp³-hybridized carbons (Fsp3) is 0.231. The van der Waals surface area contributed by atoms with Crippen molar-refractivity contribution in [3.8, 4) is 11.5 Å². The Kier molecular flexibility index (Phi) is 5.26. The highest BCUT2D eigenvalue weighted by atomic mass is 16.5. The molecular formula is C26H24N2O3. The van der Waals surface area contributed by atoms with Gasteiger partial charge in [-0.1, -0.05) is 36.4 Å².